The zero-order valence-electron chi connectivity index (χ0n) is 9.41. The lowest BCUT2D eigenvalue weighted by Gasteiger charge is -2.11. The second kappa shape index (κ2) is 4.39. The predicted octanol–water partition coefficient (Wildman–Crippen LogP) is 1.40. The minimum atomic E-state index is -3.69. The molecule has 1 aromatic carbocycles. The SMILES string of the molecule is Cc1c(N)cc(S(=O)(=O)NC(C)C)cc1F. The summed E-state index contributed by atoms with van der Waals surface area (Å²) in [6.07, 6.45) is 0. The second-order valence-corrected chi connectivity index (χ2v) is 5.61. The van der Waals surface area contributed by atoms with Crippen LogP contribution in [-0.2, 0) is 10.0 Å². The number of halogens is 1. The van der Waals surface area contributed by atoms with Crippen LogP contribution in [-0.4, -0.2) is 14.5 Å². The summed E-state index contributed by atoms with van der Waals surface area (Å²) in [7, 11) is -3.69. The van der Waals surface area contributed by atoms with Crippen molar-refractivity contribution in [3.63, 3.8) is 0 Å². The van der Waals surface area contributed by atoms with Crippen molar-refractivity contribution in [2.75, 3.05) is 5.73 Å². The largest absolute Gasteiger partial charge is 0.398 e. The molecule has 0 bridgehead atoms. The highest BCUT2D eigenvalue weighted by molar-refractivity contribution is 7.89. The molecule has 90 valence electrons. The fraction of sp³-hybridized carbons (Fsp3) is 0.400. The van der Waals surface area contributed by atoms with Crippen molar-refractivity contribution in [3.05, 3.63) is 23.5 Å². The molecule has 4 nitrogen and oxygen atoms in total. The van der Waals surface area contributed by atoms with Crippen LogP contribution in [0, 0.1) is 12.7 Å². The third kappa shape index (κ3) is 2.70. The molecule has 0 saturated carbocycles. The normalized spacial score (nSPS) is 12.1. The molecule has 0 fully saturated rings. The van der Waals surface area contributed by atoms with Gasteiger partial charge in [0.1, 0.15) is 5.82 Å². The minimum Gasteiger partial charge on any atom is -0.398 e. The van der Waals surface area contributed by atoms with E-state index in [0.29, 0.717) is 0 Å². The third-order valence-electron chi connectivity index (χ3n) is 2.06. The number of hydrogen-bond donors (Lipinski definition) is 2. The Balaban J connectivity index is 3.25. The Hall–Kier alpha value is -1.14. The molecule has 1 rings (SSSR count). The van der Waals surface area contributed by atoms with Gasteiger partial charge in [0.15, 0.2) is 0 Å². The summed E-state index contributed by atoms with van der Waals surface area (Å²) in [4.78, 5) is -0.151. The summed E-state index contributed by atoms with van der Waals surface area (Å²) in [5.41, 5.74) is 5.90. The molecule has 0 aliphatic rings. The summed E-state index contributed by atoms with van der Waals surface area (Å²) < 4.78 is 39.1. The van der Waals surface area contributed by atoms with Crippen LogP contribution < -0.4 is 10.5 Å². The first-order valence-corrected chi connectivity index (χ1v) is 6.30. The van der Waals surface area contributed by atoms with Gasteiger partial charge in [0.25, 0.3) is 0 Å². The van der Waals surface area contributed by atoms with Gasteiger partial charge >= 0.3 is 0 Å². The lowest BCUT2D eigenvalue weighted by molar-refractivity contribution is 0.566. The van der Waals surface area contributed by atoms with Crippen molar-refractivity contribution >= 4 is 15.7 Å². The van der Waals surface area contributed by atoms with Crippen LogP contribution in [0.5, 0.6) is 0 Å². The summed E-state index contributed by atoms with van der Waals surface area (Å²) in [6, 6.07) is 1.97. The van der Waals surface area contributed by atoms with Gasteiger partial charge in [-0.2, -0.15) is 0 Å². The molecule has 16 heavy (non-hydrogen) atoms. The van der Waals surface area contributed by atoms with Crippen LogP contribution in [0.25, 0.3) is 0 Å². The first kappa shape index (κ1) is 12.9. The predicted molar refractivity (Wildman–Crippen MR) is 61.0 cm³/mol. The quantitative estimate of drug-likeness (QED) is 0.792. The number of benzene rings is 1. The van der Waals surface area contributed by atoms with Crippen LogP contribution in [0.4, 0.5) is 10.1 Å². The van der Waals surface area contributed by atoms with Gasteiger partial charge in [0, 0.05) is 17.3 Å². The summed E-state index contributed by atoms with van der Waals surface area (Å²) >= 11 is 0. The number of nitrogens with two attached hydrogens (primary N) is 1. The van der Waals surface area contributed by atoms with E-state index in [1.165, 1.54) is 13.0 Å². The van der Waals surface area contributed by atoms with E-state index in [9.17, 15) is 12.8 Å². The average Bonchev–Trinajstić information content (AvgIpc) is 2.11. The zero-order chi connectivity index (χ0) is 12.5. The van der Waals surface area contributed by atoms with Crippen LogP contribution in [0.2, 0.25) is 0 Å². The molecule has 0 unspecified atom stereocenters. The number of nitrogens with one attached hydrogen (secondary N) is 1. The van der Waals surface area contributed by atoms with Crippen LogP contribution in [0.1, 0.15) is 19.4 Å². The molecule has 0 spiro atoms. The standard InChI is InChI=1S/C10H15FN2O2S/c1-6(2)13-16(14,15)8-4-9(11)7(3)10(12)5-8/h4-6,13H,12H2,1-3H3. The number of anilines is 1. The summed E-state index contributed by atoms with van der Waals surface area (Å²) in [5.74, 6) is -0.621. The molecule has 0 atom stereocenters. The van der Waals surface area contributed by atoms with E-state index in [-0.39, 0.29) is 22.2 Å². The Morgan fingerprint density at radius 2 is 1.94 bits per heavy atom. The van der Waals surface area contributed by atoms with E-state index in [1.54, 1.807) is 13.8 Å². The van der Waals surface area contributed by atoms with Crippen LogP contribution in [0.15, 0.2) is 17.0 Å². The van der Waals surface area contributed by atoms with Gasteiger partial charge in [-0.15, -0.1) is 0 Å². The van der Waals surface area contributed by atoms with Crippen molar-refractivity contribution in [1.29, 1.82) is 0 Å². The van der Waals surface area contributed by atoms with E-state index in [0.717, 1.165) is 6.07 Å². The monoisotopic (exact) mass is 246 g/mol. The molecule has 6 heteroatoms. The van der Waals surface area contributed by atoms with Gasteiger partial charge in [-0.1, -0.05) is 0 Å². The van der Waals surface area contributed by atoms with Crippen molar-refractivity contribution in [1.82, 2.24) is 4.72 Å². The van der Waals surface area contributed by atoms with E-state index < -0.39 is 15.8 Å². The highest BCUT2D eigenvalue weighted by Crippen LogP contribution is 2.20. The van der Waals surface area contributed by atoms with E-state index in [4.69, 9.17) is 5.73 Å². The Morgan fingerprint density at radius 3 is 2.38 bits per heavy atom. The summed E-state index contributed by atoms with van der Waals surface area (Å²) in [6.45, 7) is 4.87. The molecule has 0 radical (unpaired) electrons. The number of nitrogen functional groups attached to an aromatic ring is 1. The maximum Gasteiger partial charge on any atom is 0.240 e. The van der Waals surface area contributed by atoms with Gasteiger partial charge in [-0.25, -0.2) is 17.5 Å². The van der Waals surface area contributed by atoms with Crippen LogP contribution in [0.3, 0.4) is 0 Å². The smallest absolute Gasteiger partial charge is 0.240 e. The van der Waals surface area contributed by atoms with Gasteiger partial charge in [-0.05, 0) is 32.9 Å². The average molecular weight is 246 g/mol. The molecule has 3 N–H and O–H groups in total. The fourth-order valence-corrected chi connectivity index (χ4v) is 2.51. The number of rotatable bonds is 3. The molecule has 0 heterocycles. The third-order valence-corrected chi connectivity index (χ3v) is 3.70. The minimum absolute atomic E-state index is 0.129. The maximum atomic E-state index is 13.3. The molecule has 0 aromatic heterocycles. The van der Waals surface area contributed by atoms with E-state index in [2.05, 4.69) is 4.72 Å². The van der Waals surface area contributed by atoms with Crippen molar-refractivity contribution in [2.24, 2.45) is 0 Å². The van der Waals surface area contributed by atoms with Crippen LogP contribution >= 0.6 is 0 Å². The fourth-order valence-electron chi connectivity index (χ4n) is 1.21. The second-order valence-electron chi connectivity index (χ2n) is 3.90. The first-order chi connectivity index (χ1) is 7.24. The van der Waals surface area contributed by atoms with Gasteiger partial charge in [0.2, 0.25) is 10.0 Å². The van der Waals surface area contributed by atoms with Gasteiger partial charge < -0.3 is 5.73 Å². The molecule has 0 aliphatic heterocycles. The Labute approximate surface area is 94.7 Å². The highest BCUT2D eigenvalue weighted by atomic mass is 32.2. The lowest BCUT2D eigenvalue weighted by atomic mass is 10.2. The molecule has 0 saturated heterocycles. The Kier molecular flexibility index (Phi) is 3.54. The number of hydrogen-bond acceptors (Lipinski definition) is 3. The molecule has 0 aliphatic carbocycles. The van der Waals surface area contributed by atoms with Crippen molar-refractivity contribution < 1.29 is 12.8 Å². The summed E-state index contributed by atoms with van der Waals surface area (Å²) in [5, 5.41) is 0. The first-order valence-electron chi connectivity index (χ1n) is 4.82. The van der Waals surface area contributed by atoms with E-state index >= 15 is 0 Å². The highest BCUT2D eigenvalue weighted by Gasteiger charge is 2.18. The van der Waals surface area contributed by atoms with Crippen molar-refractivity contribution in [3.8, 4) is 0 Å². The zero-order valence-corrected chi connectivity index (χ0v) is 10.2. The maximum absolute atomic E-state index is 13.3. The molecule has 1 aromatic rings. The Morgan fingerprint density at radius 1 is 1.38 bits per heavy atom. The molecular weight excluding hydrogens is 231 g/mol. The number of sulfonamides is 1. The molecular formula is C10H15FN2O2S. The topological polar surface area (TPSA) is 72.2 Å². The Bertz CT molecular complexity index is 475. The van der Waals surface area contributed by atoms with Gasteiger partial charge in [-0.3, -0.25) is 0 Å². The lowest BCUT2D eigenvalue weighted by Crippen LogP contribution is -2.30. The van der Waals surface area contributed by atoms with E-state index in [1.807, 2.05) is 0 Å². The molecule has 0 amide bonds. The van der Waals surface area contributed by atoms with Gasteiger partial charge in [0.05, 0.1) is 4.90 Å². The van der Waals surface area contributed by atoms with Crippen molar-refractivity contribution in [2.45, 2.75) is 31.7 Å².